The van der Waals surface area contributed by atoms with Crippen molar-refractivity contribution >= 4 is 17.5 Å². The van der Waals surface area contributed by atoms with Gasteiger partial charge in [0.25, 0.3) is 0 Å². The van der Waals surface area contributed by atoms with Gasteiger partial charge in [0, 0.05) is 18.2 Å². The van der Waals surface area contributed by atoms with Gasteiger partial charge in [-0.15, -0.1) is 0 Å². The van der Waals surface area contributed by atoms with Crippen molar-refractivity contribution < 1.29 is 9.59 Å². The molecule has 1 N–H and O–H groups in total. The number of hydrogen-bond donors (Lipinski definition) is 1. The predicted octanol–water partition coefficient (Wildman–Crippen LogP) is 2.89. The molecule has 0 spiro atoms. The van der Waals surface area contributed by atoms with Gasteiger partial charge in [-0.25, -0.2) is 0 Å². The second kappa shape index (κ2) is 5.64. The lowest BCUT2D eigenvalue weighted by Gasteiger charge is -2.29. The fraction of sp³-hybridized carbons (Fsp3) is 0.222. The summed E-state index contributed by atoms with van der Waals surface area (Å²) < 4.78 is 0. The summed E-state index contributed by atoms with van der Waals surface area (Å²) in [4.78, 5) is 25.8. The second-order valence-electron chi connectivity index (χ2n) is 5.60. The minimum Gasteiger partial charge on any atom is -0.324 e. The highest BCUT2D eigenvalue weighted by Gasteiger charge is 2.31. The number of anilines is 1. The van der Waals surface area contributed by atoms with Crippen LogP contribution < -0.4 is 5.32 Å². The summed E-state index contributed by atoms with van der Waals surface area (Å²) in [6, 6.07) is 15.5. The molecule has 2 aromatic rings. The van der Waals surface area contributed by atoms with Crippen LogP contribution in [0.1, 0.15) is 29.7 Å². The number of para-hydroxylation sites is 1. The molecule has 3 rings (SSSR count). The van der Waals surface area contributed by atoms with Crippen LogP contribution in [0.2, 0.25) is 0 Å². The molecule has 0 unspecified atom stereocenters. The van der Waals surface area contributed by atoms with Gasteiger partial charge in [0.2, 0.25) is 11.8 Å². The molecule has 0 aliphatic carbocycles. The standard InChI is InChI=1S/C18H18N2O2/c1-12-7-9-14(10-8-12)18-15-5-3-4-6-16(15)19-17(22)11-20(18)13(2)21/h3-10,18H,11H2,1-2H3,(H,19,22)/t18-/m1/s1. The van der Waals surface area contributed by atoms with Crippen LogP contribution in [-0.2, 0) is 9.59 Å². The van der Waals surface area contributed by atoms with Gasteiger partial charge >= 0.3 is 0 Å². The quantitative estimate of drug-likeness (QED) is 0.879. The molecule has 0 radical (unpaired) electrons. The summed E-state index contributed by atoms with van der Waals surface area (Å²) in [6.45, 7) is 3.59. The predicted molar refractivity (Wildman–Crippen MR) is 85.5 cm³/mol. The normalized spacial score (nSPS) is 17.5. The van der Waals surface area contributed by atoms with Crippen LogP contribution in [0.5, 0.6) is 0 Å². The minimum atomic E-state index is -0.256. The molecule has 0 bridgehead atoms. The van der Waals surface area contributed by atoms with Gasteiger partial charge in [0.15, 0.2) is 0 Å². The number of amides is 2. The summed E-state index contributed by atoms with van der Waals surface area (Å²) in [5.41, 5.74) is 3.87. The summed E-state index contributed by atoms with van der Waals surface area (Å²) >= 11 is 0. The van der Waals surface area contributed by atoms with Crippen LogP contribution in [0, 0.1) is 6.92 Å². The molecule has 0 fully saturated rings. The Bertz CT molecular complexity index is 722. The molecule has 0 saturated heterocycles. The Hall–Kier alpha value is -2.62. The van der Waals surface area contributed by atoms with E-state index in [-0.39, 0.29) is 24.4 Å². The Morgan fingerprint density at radius 3 is 2.50 bits per heavy atom. The van der Waals surface area contributed by atoms with Crippen LogP contribution in [0.15, 0.2) is 48.5 Å². The summed E-state index contributed by atoms with van der Waals surface area (Å²) in [5.74, 6) is -0.283. The topological polar surface area (TPSA) is 49.4 Å². The number of carbonyl (C=O) groups excluding carboxylic acids is 2. The van der Waals surface area contributed by atoms with E-state index in [4.69, 9.17) is 0 Å². The van der Waals surface area contributed by atoms with Crippen molar-refractivity contribution in [3.63, 3.8) is 0 Å². The third-order valence-corrected chi connectivity index (χ3v) is 3.95. The second-order valence-corrected chi connectivity index (χ2v) is 5.60. The number of nitrogens with one attached hydrogen (secondary N) is 1. The van der Waals surface area contributed by atoms with E-state index in [0.29, 0.717) is 0 Å². The highest BCUT2D eigenvalue weighted by atomic mass is 16.2. The van der Waals surface area contributed by atoms with Crippen LogP contribution in [0.3, 0.4) is 0 Å². The molecule has 0 aromatic heterocycles. The van der Waals surface area contributed by atoms with Crippen LogP contribution in [-0.4, -0.2) is 23.3 Å². The Morgan fingerprint density at radius 1 is 1.14 bits per heavy atom. The zero-order valence-electron chi connectivity index (χ0n) is 12.7. The lowest BCUT2D eigenvalue weighted by molar-refractivity contribution is -0.134. The highest BCUT2D eigenvalue weighted by Crippen LogP contribution is 2.35. The third kappa shape index (κ3) is 2.60. The summed E-state index contributed by atoms with van der Waals surface area (Å²) in [5, 5.41) is 2.89. The average molecular weight is 294 g/mol. The molecular formula is C18H18N2O2. The van der Waals surface area contributed by atoms with E-state index in [1.54, 1.807) is 4.90 Å². The van der Waals surface area contributed by atoms with Gasteiger partial charge < -0.3 is 10.2 Å². The first-order chi connectivity index (χ1) is 10.6. The van der Waals surface area contributed by atoms with Crippen molar-refractivity contribution in [2.75, 3.05) is 11.9 Å². The van der Waals surface area contributed by atoms with E-state index in [2.05, 4.69) is 5.32 Å². The van der Waals surface area contributed by atoms with Crippen molar-refractivity contribution in [2.45, 2.75) is 19.9 Å². The molecule has 0 saturated carbocycles. The van der Waals surface area contributed by atoms with Gasteiger partial charge in [-0.05, 0) is 18.6 Å². The Kier molecular flexibility index (Phi) is 3.67. The molecule has 2 amide bonds. The van der Waals surface area contributed by atoms with Crippen molar-refractivity contribution in [3.05, 3.63) is 65.2 Å². The van der Waals surface area contributed by atoms with E-state index in [0.717, 1.165) is 22.4 Å². The molecule has 22 heavy (non-hydrogen) atoms. The largest absolute Gasteiger partial charge is 0.324 e. The first-order valence-corrected chi connectivity index (χ1v) is 7.29. The molecule has 4 nitrogen and oxygen atoms in total. The van der Waals surface area contributed by atoms with Crippen LogP contribution in [0.4, 0.5) is 5.69 Å². The lowest BCUT2D eigenvalue weighted by Crippen LogP contribution is -2.37. The number of carbonyl (C=O) groups is 2. The maximum Gasteiger partial charge on any atom is 0.244 e. The smallest absolute Gasteiger partial charge is 0.244 e. The molecule has 1 aliphatic rings. The Labute approximate surface area is 129 Å². The third-order valence-electron chi connectivity index (χ3n) is 3.95. The van der Waals surface area contributed by atoms with Crippen LogP contribution in [0.25, 0.3) is 0 Å². The number of hydrogen-bond acceptors (Lipinski definition) is 2. The highest BCUT2D eigenvalue weighted by molar-refractivity contribution is 5.96. The molecule has 1 heterocycles. The van der Waals surface area contributed by atoms with Crippen molar-refractivity contribution in [2.24, 2.45) is 0 Å². The summed E-state index contributed by atoms with van der Waals surface area (Å²) in [7, 11) is 0. The van der Waals surface area contributed by atoms with Gasteiger partial charge in [0.05, 0.1) is 6.04 Å². The van der Waals surface area contributed by atoms with E-state index < -0.39 is 0 Å². The van der Waals surface area contributed by atoms with Crippen molar-refractivity contribution in [3.8, 4) is 0 Å². The molecule has 1 aliphatic heterocycles. The number of rotatable bonds is 1. The van der Waals surface area contributed by atoms with E-state index >= 15 is 0 Å². The number of fused-ring (bicyclic) bond motifs is 1. The first kappa shape index (κ1) is 14.3. The van der Waals surface area contributed by atoms with Gasteiger partial charge in [-0.2, -0.15) is 0 Å². The number of aryl methyl sites for hydroxylation is 1. The molecule has 2 aromatic carbocycles. The summed E-state index contributed by atoms with van der Waals surface area (Å²) in [6.07, 6.45) is 0. The first-order valence-electron chi connectivity index (χ1n) is 7.29. The zero-order valence-corrected chi connectivity index (χ0v) is 12.7. The zero-order chi connectivity index (χ0) is 15.7. The molecule has 4 heteroatoms. The van der Waals surface area contributed by atoms with E-state index in [9.17, 15) is 9.59 Å². The average Bonchev–Trinajstić information content (AvgIpc) is 2.64. The van der Waals surface area contributed by atoms with Crippen LogP contribution >= 0.6 is 0 Å². The Balaban J connectivity index is 2.18. The molecule has 1 atom stereocenters. The SMILES string of the molecule is CC(=O)N1CC(=O)Nc2ccccc2[C@H]1c1ccc(C)cc1. The Morgan fingerprint density at radius 2 is 1.82 bits per heavy atom. The van der Waals surface area contributed by atoms with E-state index in [1.807, 2.05) is 55.5 Å². The minimum absolute atomic E-state index is 0.0581. The van der Waals surface area contributed by atoms with Gasteiger partial charge in [-0.1, -0.05) is 48.0 Å². The van der Waals surface area contributed by atoms with Gasteiger partial charge in [-0.3, -0.25) is 9.59 Å². The van der Waals surface area contributed by atoms with E-state index in [1.165, 1.54) is 6.92 Å². The molecule has 112 valence electrons. The van der Waals surface area contributed by atoms with Crippen molar-refractivity contribution in [1.82, 2.24) is 4.90 Å². The monoisotopic (exact) mass is 294 g/mol. The molecular weight excluding hydrogens is 276 g/mol. The fourth-order valence-electron chi connectivity index (χ4n) is 2.85. The van der Waals surface area contributed by atoms with Gasteiger partial charge in [0.1, 0.15) is 6.54 Å². The van der Waals surface area contributed by atoms with Crippen molar-refractivity contribution in [1.29, 1.82) is 0 Å². The maximum absolute atomic E-state index is 12.1. The number of benzene rings is 2. The number of nitrogens with zero attached hydrogens (tertiary/aromatic N) is 1. The maximum atomic E-state index is 12.1. The lowest BCUT2D eigenvalue weighted by atomic mass is 9.95. The fourth-order valence-corrected chi connectivity index (χ4v) is 2.85.